The number of hydrogen-bond acceptors (Lipinski definition) is 4. The maximum Gasteiger partial charge on any atom is 0.348 e. The molecule has 4 heteroatoms. The molecule has 0 aliphatic rings. The Labute approximate surface area is 103 Å². The number of carbonyl (C=O) groups excluding carboxylic acids is 1. The van der Waals surface area contributed by atoms with Crippen molar-refractivity contribution in [2.24, 2.45) is 0 Å². The Morgan fingerprint density at radius 2 is 2.06 bits per heavy atom. The van der Waals surface area contributed by atoms with Gasteiger partial charge in [-0.1, -0.05) is 30.3 Å². The maximum atomic E-state index is 11.6. The molecule has 1 aromatic carbocycles. The van der Waals surface area contributed by atoms with Crippen LogP contribution < -0.4 is 0 Å². The van der Waals surface area contributed by atoms with Crippen molar-refractivity contribution in [1.29, 1.82) is 0 Å². The molecule has 3 nitrogen and oxygen atoms in total. The van der Waals surface area contributed by atoms with E-state index in [2.05, 4.69) is 0 Å². The first-order valence-electron chi connectivity index (χ1n) is 5.13. The van der Waals surface area contributed by atoms with Crippen molar-refractivity contribution < 1.29 is 14.6 Å². The predicted octanol–water partition coefficient (Wildman–Crippen LogP) is 2.69. The Hall–Kier alpha value is -1.65. The van der Waals surface area contributed by atoms with Crippen LogP contribution >= 0.6 is 11.3 Å². The number of thiophene rings is 1. The molecule has 0 bridgehead atoms. The molecule has 1 aromatic heterocycles. The summed E-state index contributed by atoms with van der Waals surface area (Å²) in [5, 5.41) is 9.14. The molecule has 0 radical (unpaired) electrons. The fraction of sp³-hybridized carbons (Fsp3) is 0.154. The van der Waals surface area contributed by atoms with Gasteiger partial charge in [-0.25, -0.2) is 4.79 Å². The van der Waals surface area contributed by atoms with Crippen molar-refractivity contribution in [1.82, 2.24) is 0 Å². The number of benzene rings is 1. The monoisotopic (exact) mass is 248 g/mol. The first-order valence-corrected chi connectivity index (χ1v) is 5.95. The topological polar surface area (TPSA) is 46.5 Å². The fourth-order valence-corrected chi connectivity index (χ4v) is 2.55. The predicted molar refractivity (Wildman–Crippen MR) is 67.0 cm³/mol. The first-order chi connectivity index (χ1) is 8.26. The van der Waals surface area contributed by atoms with E-state index < -0.39 is 0 Å². The second-order valence-corrected chi connectivity index (χ2v) is 4.61. The van der Waals surface area contributed by atoms with E-state index >= 15 is 0 Å². The molecule has 2 rings (SSSR count). The van der Waals surface area contributed by atoms with E-state index in [-0.39, 0.29) is 12.6 Å². The summed E-state index contributed by atoms with van der Waals surface area (Å²) in [5.41, 5.74) is 1.76. The molecule has 0 amide bonds. The highest BCUT2D eigenvalue weighted by atomic mass is 32.1. The summed E-state index contributed by atoms with van der Waals surface area (Å²) in [6.45, 7) is -0.0680. The van der Waals surface area contributed by atoms with Crippen LogP contribution in [0.4, 0.5) is 0 Å². The average molecular weight is 248 g/mol. The molecule has 1 N–H and O–H groups in total. The number of esters is 1. The highest BCUT2D eigenvalue weighted by molar-refractivity contribution is 7.14. The average Bonchev–Trinajstić information content (AvgIpc) is 2.83. The molecule has 0 saturated carbocycles. The lowest BCUT2D eigenvalue weighted by molar-refractivity contribution is 0.0607. The van der Waals surface area contributed by atoms with Gasteiger partial charge in [0, 0.05) is 10.4 Å². The van der Waals surface area contributed by atoms with Crippen LogP contribution in [-0.2, 0) is 11.3 Å². The van der Waals surface area contributed by atoms with Gasteiger partial charge in [-0.05, 0) is 11.6 Å². The largest absolute Gasteiger partial charge is 0.465 e. The Morgan fingerprint density at radius 3 is 2.65 bits per heavy atom. The molecule has 0 aliphatic carbocycles. The molecule has 0 saturated heterocycles. The van der Waals surface area contributed by atoms with Crippen molar-refractivity contribution in [2.45, 2.75) is 6.61 Å². The van der Waals surface area contributed by atoms with E-state index in [0.717, 1.165) is 16.0 Å². The summed E-state index contributed by atoms with van der Waals surface area (Å²) < 4.78 is 4.75. The molecule has 2 aromatic rings. The smallest absolute Gasteiger partial charge is 0.348 e. The lowest BCUT2D eigenvalue weighted by atomic mass is 10.1. The van der Waals surface area contributed by atoms with E-state index in [4.69, 9.17) is 9.84 Å². The van der Waals surface area contributed by atoms with Crippen LogP contribution in [0.25, 0.3) is 11.1 Å². The Morgan fingerprint density at radius 1 is 1.35 bits per heavy atom. The maximum absolute atomic E-state index is 11.6. The van der Waals surface area contributed by atoms with Gasteiger partial charge in [0.2, 0.25) is 0 Å². The van der Waals surface area contributed by atoms with Crippen LogP contribution in [-0.4, -0.2) is 18.2 Å². The summed E-state index contributed by atoms with van der Waals surface area (Å²) in [6.07, 6.45) is 0. The number of rotatable bonds is 3. The first kappa shape index (κ1) is 11.8. The number of aliphatic hydroxyl groups excluding tert-OH is 1. The number of carbonyl (C=O) groups is 1. The number of hydrogen-bond donors (Lipinski definition) is 1. The normalized spacial score (nSPS) is 10.2. The van der Waals surface area contributed by atoms with E-state index in [1.807, 2.05) is 36.4 Å². The molecule has 88 valence electrons. The molecule has 0 fully saturated rings. The zero-order valence-corrected chi connectivity index (χ0v) is 10.2. The SMILES string of the molecule is COC(=O)c1sc(CO)cc1-c1ccccc1. The Bertz CT molecular complexity index is 517. The Balaban J connectivity index is 2.52. The van der Waals surface area contributed by atoms with Gasteiger partial charge < -0.3 is 9.84 Å². The highest BCUT2D eigenvalue weighted by Gasteiger charge is 2.17. The van der Waals surface area contributed by atoms with E-state index in [1.165, 1.54) is 18.4 Å². The van der Waals surface area contributed by atoms with Gasteiger partial charge in [0.05, 0.1) is 13.7 Å². The van der Waals surface area contributed by atoms with Crippen LogP contribution in [0, 0.1) is 0 Å². The summed E-state index contributed by atoms with van der Waals surface area (Å²) in [5.74, 6) is -0.367. The zero-order chi connectivity index (χ0) is 12.3. The lowest BCUT2D eigenvalue weighted by Gasteiger charge is -2.01. The number of ether oxygens (including phenoxy) is 1. The standard InChI is InChI=1S/C13H12O3S/c1-16-13(15)12-11(7-10(8-14)17-12)9-5-3-2-4-6-9/h2-7,14H,8H2,1H3. The molecular formula is C13H12O3S. The van der Waals surface area contributed by atoms with Gasteiger partial charge in [-0.15, -0.1) is 11.3 Å². The minimum atomic E-state index is -0.367. The van der Waals surface area contributed by atoms with Crippen molar-refractivity contribution in [3.63, 3.8) is 0 Å². The van der Waals surface area contributed by atoms with Crippen LogP contribution in [0.3, 0.4) is 0 Å². The van der Waals surface area contributed by atoms with Crippen LogP contribution in [0.1, 0.15) is 14.5 Å². The molecule has 17 heavy (non-hydrogen) atoms. The summed E-state index contributed by atoms with van der Waals surface area (Å²) >= 11 is 1.26. The van der Waals surface area contributed by atoms with Gasteiger partial charge >= 0.3 is 5.97 Å². The molecule has 1 heterocycles. The van der Waals surface area contributed by atoms with Crippen molar-refractivity contribution >= 4 is 17.3 Å². The van der Waals surface area contributed by atoms with E-state index in [1.54, 1.807) is 0 Å². The summed E-state index contributed by atoms with van der Waals surface area (Å²) in [7, 11) is 1.36. The summed E-state index contributed by atoms with van der Waals surface area (Å²) in [4.78, 5) is 12.9. The van der Waals surface area contributed by atoms with Gasteiger partial charge in [0.25, 0.3) is 0 Å². The van der Waals surface area contributed by atoms with E-state index in [0.29, 0.717) is 4.88 Å². The van der Waals surface area contributed by atoms with Gasteiger partial charge in [0.15, 0.2) is 0 Å². The van der Waals surface area contributed by atoms with Gasteiger partial charge in [-0.2, -0.15) is 0 Å². The fourth-order valence-electron chi connectivity index (χ4n) is 1.60. The zero-order valence-electron chi connectivity index (χ0n) is 9.34. The number of aliphatic hydroxyl groups is 1. The minimum absolute atomic E-state index is 0.0680. The molecular weight excluding hydrogens is 236 g/mol. The van der Waals surface area contributed by atoms with Gasteiger partial charge in [0.1, 0.15) is 4.88 Å². The van der Waals surface area contributed by atoms with Crippen molar-refractivity contribution in [3.8, 4) is 11.1 Å². The van der Waals surface area contributed by atoms with Crippen LogP contribution in [0.2, 0.25) is 0 Å². The van der Waals surface area contributed by atoms with E-state index in [9.17, 15) is 4.79 Å². The Kier molecular flexibility index (Phi) is 3.56. The molecule has 0 aliphatic heterocycles. The second-order valence-electron chi connectivity index (χ2n) is 3.47. The molecule has 0 atom stereocenters. The third kappa shape index (κ3) is 2.38. The third-order valence-electron chi connectivity index (χ3n) is 2.39. The lowest BCUT2D eigenvalue weighted by Crippen LogP contribution is -1.99. The van der Waals surface area contributed by atoms with Gasteiger partial charge in [-0.3, -0.25) is 0 Å². The third-order valence-corrected chi connectivity index (χ3v) is 3.49. The number of methoxy groups -OCH3 is 1. The molecule has 0 unspecified atom stereocenters. The van der Waals surface area contributed by atoms with Crippen LogP contribution in [0.5, 0.6) is 0 Å². The minimum Gasteiger partial charge on any atom is -0.465 e. The summed E-state index contributed by atoms with van der Waals surface area (Å²) in [6, 6.07) is 11.4. The second kappa shape index (κ2) is 5.12. The van der Waals surface area contributed by atoms with Crippen LogP contribution in [0.15, 0.2) is 36.4 Å². The van der Waals surface area contributed by atoms with Crippen molar-refractivity contribution in [3.05, 3.63) is 46.2 Å². The highest BCUT2D eigenvalue weighted by Crippen LogP contribution is 2.32. The molecule has 0 spiro atoms. The quantitative estimate of drug-likeness (QED) is 0.849. The van der Waals surface area contributed by atoms with Crippen molar-refractivity contribution in [2.75, 3.05) is 7.11 Å².